The van der Waals surface area contributed by atoms with Crippen LogP contribution in [0.15, 0.2) is 54.7 Å². The molecule has 0 bridgehead atoms. The highest BCUT2D eigenvalue weighted by molar-refractivity contribution is 7.21. The number of rotatable bonds is 9. The second kappa shape index (κ2) is 12.5. The van der Waals surface area contributed by atoms with E-state index in [9.17, 15) is 9.90 Å². The first-order chi connectivity index (χ1) is 18.4. The highest BCUT2D eigenvalue weighted by Gasteiger charge is 2.24. The summed E-state index contributed by atoms with van der Waals surface area (Å²) in [5.74, 6) is 0.412. The number of piperidine rings is 1. The van der Waals surface area contributed by atoms with Gasteiger partial charge in [0.25, 0.3) is 5.91 Å². The number of carbonyl (C=O) groups excluding carboxylic acids is 1. The van der Waals surface area contributed by atoms with Crippen LogP contribution in [0.3, 0.4) is 0 Å². The predicted octanol–water partition coefficient (Wildman–Crippen LogP) is 4.92. The van der Waals surface area contributed by atoms with E-state index in [1.165, 1.54) is 11.3 Å². The van der Waals surface area contributed by atoms with E-state index in [1.807, 2.05) is 42.5 Å². The van der Waals surface area contributed by atoms with Crippen molar-refractivity contribution < 1.29 is 9.90 Å². The number of aromatic nitrogens is 2. The third-order valence-electron chi connectivity index (χ3n) is 7.16. The third-order valence-corrected chi connectivity index (χ3v) is 8.28. The largest absolute Gasteiger partial charge is 0.397 e. The van der Waals surface area contributed by atoms with E-state index in [0.29, 0.717) is 23.2 Å². The van der Waals surface area contributed by atoms with Crippen molar-refractivity contribution in [1.82, 2.24) is 15.3 Å². The van der Waals surface area contributed by atoms with Crippen LogP contribution >= 0.6 is 11.3 Å². The average molecular weight is 547 g/mol. The summed E-state index contributed by atoms with van der Waals surface area (Å²) < 4.78 is 0. The number of aliphatic hydroxyl groups is 1. The van der Waals surface area contributed by atoms with E-state index >= 15 is 0 Å². The molecule has 0 aliphatic carbocycles. The van der Waals surface area contributed by atoms with Gasteiger partial charge in [-0.15, -0.1) is 11.3 Å². The molecule has 1 atom stereocenters. The molecule has 39 heavy (non-hydrogen) atoms. The van der Waals surface area contributed by atoms with Crippen molar-refractivity contribution >= 4 is 39.0 Å². The molecule has 6 N–H and O–H groups in total. The maximum Gasteiger partial charge on any atom is 0.260 e. The zero-order valence-electron chi connectivity index (χ0n) is 21.6. The molecule has 4 heterocycles. The molecule has 3 aromatic heterocycles. The van der Waals surface area contributed by atoms with Crippen molar-refractivity contribution in [2.75, 3.05) is 30.3 Å². The minimum atomic E-state index is -0.596. The van der Waals surface area contributed by atoms with Gasteiger partial charge in [-0.25, -0.2) is 4.98 Å². The second-order valence-electron chi connectivity index (χ2n) is 9.80. The standard InChI is InChI=1S/C29H34N6O2S.CH4/c1-2-6-20-16-24(34-29-25(20)26(30)27(38-29)28(31)37)35-13-10-21(11-14-35)33-17-23(36)19-8-5-7-18(15-19)22-9-3-4-12-32-22;/h3-5,7-9,12,15-16,21,23,33,36H,2,6,10-11,13-14,17,30H2,1H3,(H2,31,37);1H4. The summed E-state index contributed by atoms with van der Waals surface area (Å²) in [6.07, 6.45) is 4.91. The zero-order chi connectivity index (χ0) is 26.6. The maximum absolute atomic E-state index is 11.9. The fourth-order valence-electron chi connectivity index (χ4n) is 5.14. The Kier molecular flexibility index (Phi) is 9.16. The van der Waals surface area contributed by atoms with Gasteiger partial charge in [0.15, 0.2) is 0 Å². The molecule has 0 radical (unpaired) electrons. The number of hydrogen-bond acceptors (Lipinski definition) is 8. The molecule has 8 nitrogen and oxygen atoms in total. The maximum atomic E-state index is 11.9. The normalized spacial score (nSPS) is 14.8. The van der Waals surface area contributed by atoms with Gasteiger partial charge in [0.2, 0.25) is 0 Å². The van der Waals surface area contributed by atoms with Crippen molar-refractivity contribution in [1.29, 1.82) is 0 Å². The number of aryl methyl sites for hydroxylation is 1. The van der Waals surface area contributed by atoms with Crippen molar-refractivity contribution in [2.24, 2.45) is 5.73 Å². The summed E-state index contributed by atoms with van der Waals surface area (Å²) in [4.78, 5) is 24.6. The number of hydrogen-bond donors (Lipinski definition) is 4. The molecule has 0 spiro atoms. The van der Waals surface area contributed by atoms with Crippen molar-refractivity contribution in [3.8, 4) is 11.3 Å². The van der Waals surface area contributed by atoms with E-state index in [2.05, 4.69) is 28.2 Å². The van der Waals surface area contributed by atoms with Gasteiger partial charge in [-0.2, -0.15) is 0 Å². The molecule has 1 aliphatic rings. The van der Waals surface area contributed by atoms with Gasteiger partial charge in [0, 0.05) is 42.8 Å². The molecular formula is C30H38N6O2S. The highest BCUT2D eigenvalue weighted by Crippen LogP contribution is 2.37. The van der Waals surface area contributed by atoms with Gasteiger partial charge in [-0.05, 0) is 54.7 Å². The van der Waals surface area contributed by atoms with Crippen molar-refractivity contribution in [2.45, 2.75) is 52.2 Å². The van der Waals surface area contributed by atoms with Gasteiger partial charge in [-0.3, -0.25) is 9.78 Å². The van der Waals surface area contributed by atoms with Crippen LogP contribution in [0.2, 0.25) is 0 Å². The Morgan fingerprint density at radius 1 is 1.21 bits per heavy atom. The van der Waals surface area contributed by atoms with Crippen LogP contribution in [0.4, 0.5) is 11.5 Å². The Morgan fingerprint density at radius 3 is 2.69 bits per heavy atom. The van der Waals surface area contributed by atoms with E-state index < -0.39 is 12.0 Å². The van der Waals surface area contributed by atoms with Gasteiger partial charge < -0.3 is 26.8 Å². The Balaban J connectivity index is 0.00000353. The lowest BCUT2D eigenvalue weighted by Gasteiger charge is -2.34. The first-order valence-corrected chi connectivity index (χ1v) is 14.0. The quantitative estimate of drug-likeness (QED) is 0.234. The zero-order valence-corrected chi connectivity index (χ0v) is 22.4. The topological polar surface area (TPSA) is 130 Å². The molecule has 1 unspecified atom stereocenters. The Hall–Kier alpha value is -3.53. The number of benzene rings is 1. The lowest BCUT2D eigenvalue weighted by Crippen LogP contribution is -2.44. The fourth-order valence-corrected chi connectivity index (χ4v) is 6.13. The van der Waals surface area contributed by atoms with Crippen LogP contribution in [-0.4, -0.2) is 46.7 Å². The molecule has 5 rings (SSSR count). The van der Waals surface area contributed by atoms with Gasteiger partial charge in [0.05, 0.1) is 17.5 Å². The van der Waals surface area contributed by atoms with Crippen LogP contribution in [0.5, 0.6) is 0 Å². The summed E-state index contributed by atoms with van der Waals surface area (Å²) in [7, 11) is 0. The first kappa shape index (κ1) is 28.5. The number of aliphatic hydroxyl groups excluding tert-OH is 1. The molecule has 1 amide bonds. The molecule has 206 valence electrons. The average Bonchev–Trinajstić information content (AvgIpc) is 3.29. The molecule has 4 aromatic rings. The fraction of sp³-hybridized carbons (Fsp3) is 0.367. The van der Waals surface area contributed by atoms with Gasteiger partial charge in [-0.1, -0.05) is 45.0 Å². The predicted molar refractivity (Wildman–Crippen MR) is 161 cm³/mol. The summed E-state index contributed by atoms with van der Waals surface area (Å²) >= 11 is 1.28. The molecular weight excluding hydrogens is 508 g/mol. The summed E-state index contributed by atoms with van der Waals surface area (Å²) in [6.45, 7) is 4.34. The van der Waals surface area contributed by atoms with Crippen molar-refractivity contribution in [3.63, 3.8) is 0 Å². The monoisotopic (exact) mass is 546 g/mol. The van der Waals surface area contributed by atoms with E-state index in [1.54, 1.807) is 6.20 Å². The van der Waals surface area contributed by atoms with Crippen LogP contribution < -0.4 is 21.7 Å². The SMILES string of the molecule is C.CCCc1cc(N2CCC(NCC(O)c3cccc(-c4ccccn4)c3)CC2)nc2sc(C(N)=O)c(N)c12. The van der Waals surface area contributed by atoms with E-state index in [-0.39, 0.29) is 7.43 Å². The van der Waals surface area contributed by atoms with Crippen LogP contribution in [0, 0.1) is 0 Å². The number of amides is 1. The van der Waals surface area contributed by atoms with Crippen LogP contribution in [0.25, 0.3) is 21.5 Å². The van der Waals surface area contributed by atoms with E-state index in [0.717, 1.165) is 77.2 Å². The number of carbonyl (C=O) groups is 1. The lowest BCUT2D eigenvalue weighted by atomic mass is 10.0. The Labute approximate surface area is 234 Å². The number of pyridine rings is 2. The minimum absolute atomic E-state index is 0. The minimum Gasteiger partial charge on any atom is -0.397 e. The number of nitrogen functional groups attached to an aromatic ring is 1. The number of thiophene rings is 1. The van der Waals surface area contributed by atoms with Crippen LogP contribution in [0.1, 0.15) is 60.5 Å². The highest BCUT2D eigenvalue weighted by atomic mass is 32.1. The molecule has 1 aromatic carbocycles. The lowest BCUT2D eigenvalue weighted by molar-refractivity contribution is 0.100. The Bertz CT molecular complexity index is 1420. The number of primary amides is 1. The molecule has 9 heteroatoms. The van der Waals surface area contributed by atoms with Gasteiger partial charge in [0.1, 0.15) is 15.5 Å². The summed E-state index contributed by atoms with van der Waals surface area (Å²) in [5, 5.41) is 15.3. The first-order valence-electron chi connectivity index (χ1n) is 13.1. The second-order valence-corrected chi connectivity index (χ2v) is 10.8. The summed E-state index contributed by atoms with van der Waals surface area (Å²) in [5.41, 5.74) is 16.2. The third kappa shape index (κ3) is 6.21. The van der Waals surface area contributed by atoms with Gasteiger partial charge >= 0.3 is 0 Å². The molecule has 1 fully saturated rings. The molecule has 1 aliphatic heterocycles. The number of anilines is 2. The molecule has 0 saturated carbocycles. The van der Waals surface area contributed by atoms with E-state index in [4.69, 9.17) is 16.5 Å². The number of nitrogens with two attached hydrogens (primary N) is 2. The number of nitrogens with one attached hydrogen (secondary N) is 1. The smallest absolute Gasteiger partial charge is 0.260 e. The summed E-state index contributed by atoms with van der Waals surface area (Å²) in [6, 6.07) is 16.2. The van der Waals surface area contributed by atoms with Crippen molar-refractivity contribution in [3.05, 3.63) is 70.7 Å². The number of nitrogens with zero attached hydrogens (tertiary/aromatic N) is 3. The number of fused-ring (bicyclic) bond motifs is 1. The molecule has 1 saturated heterocycles. The Morgan fingerprint density at radius 2 is 2.00 bits per heavy atom. The van der Waals surface area contributed by atoms with Crippen LogP contribution in [-0.2, 0) is 6.42 Å².